The van der Waals surface area contributed by atoms with Crippen molar-refractivity contribution in [1.82, 2.24) is 0 Å². The van der Waals surface area contributed by atoms with Gasteiger partial charge in [0.05, 0.1) is 0 Å². The summed E-state index contributed by atoms with van der Waals surface area (Å²) in [5.74, 6) is 0.621. The Morgan fingerprint density at radius 3 is 1.88 bits per heavy atom. The van der Waals surface area contributed by atoms with Crippen LogP contribution in [0, 0.1) is 6.92 Å². The highest BCUT2D eigenvalue weighted by Gasteiger charge is 2.32. The van der Waals surface area contributed by atoms with Gasteiger partial charge in [0.1, 0.15) is 5.75 Å². The minimum Gasteiger partial charge on any atom is -0.507 e. The number of hydrogen-bond acceptors (Lipinski definition) is 1. The van der Waals surface area contributed by atoms with Crippen LogP contribution in [0.5, 0.6) is 5.75 Å². The molecule has 2 aromatic rings. The summed E-state index contributed by atoms with van der Waals surface area (Å²) in [7, 11) is 0. The lowest BCUT2D eigenvalue weighted by atomic mass is 9.75. The second-order valence-electron chi connectivity index (χ2n) is 8.29. The first-order valence-electron chi connectivity index (χ1n) is 9.41. The molecule has 0 unspecified atom stereocenters. The molecular weight excluding hydrogens is 316 g/mol. The minimum atomic E-state index is -0.260. The molecule has 0 atom stereocenters. The van der Waals surface area contributed by atoms with Crippen LogP contribution in [0.1, 0.15) is 69.7 Å². The van der Waals surface area contributed by atoms with E-state index in [1.165, 1.54) is 33.4 Å². The Morgan fingerprint density at radius 2 is 1.35 bits per heavy atom. The fourth-order valence-electron chi connectivity index (χ4n) is 4.33. The zero-order chi connectivity index (χ0) is 19.2. The van der Waals surface area contributed by atoms with Gasteiger partial charge in [-0.05, 0) is 51.3 Å². The number of hydrogen-bond donors (Lipinski definition) is 1. The third-order valence-corrected chi connectivity index (χ3v) is 6.38. The summed E-state index contributed by atoms with van der Waals surface area (Å²) in [6.45, 7) is 15.3. The highest BCUT2D eigenvalue weighted by Crippen LogP contribution is 2.49. The van der Waals surface area contributed by atoms with E-state index < -0.39 is 0 Å². The Labute approximate surface area is 158 Å². The molecule has 0 heterocycles. The van der Waals surface area contributed by atoms with Gasteiger partial charge in [0.2, 0.25) is 0 Å². The van der Waals surface area contributed by atoms with E-state index in [0.717, 1.165) is 11.1 Å². The van der Waals surface area contributed by atoms with Gasteiger partial charge in [0.25, 0.3) is 0 Å². The fraction of sp³-hybridized carbons (Fsp3) is 0.360. The van der Waals surface area contributed by atoms with Crippen molar-refractivity contribution in [1.29, 1.82) is 0 Å². The monoisotopic (exact) mass is 346 g/mol. The normalized spacial score (nSPS) is 16.0. The van der Waals surface area contributed by atoms with Crippen molar-refractivity contribution >= 4 is 0 Å². The quantitative estimate of drug-likeness (QED) is 0.648. The molecule has 0 amide bonds. The molecule has 2 aromatic carbocycles. The van der Waals surface area contributed by atoms with Gasteiger partial charge in [-0.25, -0.2) is 0 Å². The average Bonchev–Trinajstić information content (AvgIpc) is 2.81. The van der Waals surface area contributed by atoms with Crippen molar-refractivity contribution in [3.05, 3.63) is 87.0 Å². The molecule has 0 bridgehead atoms. The molecule has 1 aliphatic carbocycles. The average molecular weight is 347 g/mol. The van der Waals surface area contributed by atoms with Crippen molar-refractivity contribution in [2.75, 3.05) is 0 Å². The lowest BCUT2D eigenvalue weighted by Crippen LogP contribution is -2.20. The van der Waals surface area contributed by atoms with Crippen LogP contribution in [0.4, 0.5) is 0 Å². The molecule has 0 aromatic heterocycles. The van der Waals surface area contributed by atoms with Crippen molar-refractivity contribution in [2.45, 2.75) is 59.8 Å². The second-order valence-corrected chi connectivity index (χ2v) is 8.29. The molecule has 1 N–H and O–H groups in total. The number of phenolic OH excluding ortho intramolecular Hbond substituents is 1. The molecule has 26 heavy (non-hydrogen) atoms. The van der Waals surface area contributed by atoms with Gasteiger partial charge in [-0.15, -0.1) is 0 Å². The molecule has 1 aliphatic rings. The van der Waals surface area contributed by atoms with Crippen LogP contribution in [-0.2, 0) is 5.41 Å². The summed E-state index contributed by atoms with van der Waals surface area (Å²) in [5.41, 5.74) is 9.61. The van der Waals surface area contributed by atoms with E-state index in [1.54, 1.807) is 0 Å². The maximum absolute atomic E-state index is 11.3. The number of aromatic hydroxyl groups is 1. The standard InChI is InChI=1S/C25H30O/c1-15-13-21(23-18(4)16(2)17(3)19(23)5)24(26)22(14-15)25(6,7)20-11-9-8-10-12-20/h8-14,23,26H,1-7H3. The lowest BCUT2D eigenvalue weighted by molar-refractivity contribution is 0.445. The van der Waals surface area contributed by atoms with E-state index in [0.29, 0.717) is 5.75 Å². The lowest BCUT2D eigenvalue weighted by Gasteiger charge is -2.30. The number of benzene rings is 2. The van der Waals surface area contributed by atoms with E-state index in [2.05, 4.69) is 84.9 Å². The summed E-state index contributed by atoms with van der Waals surface area (Å²) in [6, 6.07) is 14.7. The van der Waals surface area contributed by atoms with Crippen LogP contribution in [0.15, 0.2) is 64.8 Å². The molecule has 0 saturated heterocycles. The van der Waals surface area contributed by atoms with Gasteiger partial charge in [-0.2, -0.15) is 0 Å². The molecule has 136 valence electrons. The first kappa shape index (κ1) is 18.5. The fourth-order valence-corrected chi connectivity index (χ4v) is 4.33. The summed E-state index contributed by atoms with van der Waals surface area (Å²) >= 11 is 0. The molecule has 0 spiro atoms. The number of allylic oxidation sites excluding steroid dienone is 4. The molecule has 0 saturated carbocycles. The minimum absolute atomic E-state index is 0.181. The smallest absolute Gasteiger partial charge is 0.123 e. The molecule has 0 radical (unpaired) electrons. The summed E-state index contributed by atoms with van der Waals surface area (Å²) in [4.78, 5) is 0. The predicted octanol–water partition coefficient (Wildman–Crippen LogP) is 6.80. The van der Waals surface area contributed by atoms with Gasteiger partial charge >= 0.3 is 0 Å². The Morgan fingerprint density at radius 1 is 0.808 bits per heavy atom. The van der Waals surface area contributed by atoms with Crippen LogP contribution >= 0.6 is 0 Å². The second kappa shape index (κ2) is 6.46. The van der Waals surface area contributed by atoms with Crippen LogP contribution in [-0.4, -0.2) is 5.11 Å². The SMILES string of the molecule is CC1=C(C)C(c2cc(C)cc(C(C)(C)c3ccccc3)c2O)C(C)=C1C. The molecule has 1 nitrogen and oxygen atoms in total. The molecule has 3 rings (SSSR count). The maximum atomic E-state index is 11.3. The van der Waals surface area contributed by atoms with Crippen LogP contribution in [0.25, 0.3) is 0 Å². The molecule has 0 aliphatic heterocycles. The number of aryl methyl sites for hydroxylation is 1. The molecular formula is C25H30O. The Balaban J connectivity index is 2.21. The van der Waals surface area contributed by atoms with Crippen molar-refractivity contribution < 1.29 is 5.11 Å². The first-order chi connectivity index (χ1) is 12.2. The molecule has 1 heteroatoms. The van der Waals surface area contributed by atoms with Gasteiger partial charge in [0.15, 0.2) is 0 Å². The summed E-state index contributed by atoms with van der Waals surface area (Å²) in [6.07, 6.45) is 0. The van der Waals surface area contributed by atoms with Gasteiger partial charge in [-0.1, -0.05) is 73.0 Å². The van der Waals surface area contributed by atoms with Crippen molar-refractivity contribution in [2.24, 2.45) is 0 Å². The Kier molecular flexibility index (Phi) is 4.60. The third-order valence-electron chi connectivity index (χ3n) is 6.38. The molecule has 0 fully saturated rings. The topological polar surface area (TPSA) is 20.2 Å². The van der Waals surface area contributed by atoms with E-state index in [9.17, 15) is 5.11 Å². The van der Waals surface area contributed by atoms with Gasteiger partial charge in [-0.3, -0.25) is 0 Å². The highest BCUT2D eigenvalue weighted by molar-refractivity contribution is 5.60. The zero-order valence-corrected chi connectivity index (χ0v) is 17.1. The van der Waals surface area contributed by atoms with E-state index in [4.69, 9.17) is 0 Å². The van der Waals surface area contributed by atoms with Crippen LogP contribution in [0.2, 0.25) is 0 Å². The number of phenols is 1. The first-order valence-corrected chi connectivity index (χ1v) is 9.41. The summed E-state index contributed by atoms with van der Waals surface area (Å²) in [5, 5.41) is 11.3. The van der Waals surface area contributed by atoms with Crippen molar-refractivity contribution in [3.63, 3.8) is 0 Å². The zero-order valence-electron chi connectivity index (χ0n) is 17.1. The van der Waals surface area contributed by atoms with Gasteiger partial charge < -0.3 is 5.11 Å². The third kappa shape index (κ3) is 2.80. The maximum Gasteiger partial charge on any atom is 0.123 e. The Hall–Kier alpha value is -2.28. The predicted molar refractivity (Wildman–Crippen MR) is 111 cm³/mol. The van der Waals surface area contributed by atoms with E-state index >= 15 is 0 Å². The van der Waals surface area contributed by atoms with E-state index in [-0.39, 0.29) is 11.3 Å². The van der Waals surface area contributed by atoms with E-state index in [1.807, 2.05) is 6.07 Å². The van der Waals surface area contributed by atoms with Gasteiger partial charge in [0, 0.05) is 22.5 Å². The largest absolute Gasteiger partial charge is 0.507 e. The van der Waals surface area contributed by atoms with Crippen LogP contribution < -0.4 is 0 Å². The van der Waals surface area contributed by atoms with Crippen LogP contribution in [0.3, 0.4) is 0 Å². The van der Waals surface area contributed by atoms with Crippen molar-refractivity contribution in [3.8, 4) is 5.75 Å². The Bertz CT molecular complexity index is 887. The summed E-state index contributed by atoms with van der Waals surface area (Å²) < 4.78 is 0. The highest BCUT2D eigenvalue weighted by atomic mass is 16.3. The number of rotatable bonds is 3.